The van der Waals surface area contributed by atoms with Crippen LogP contribution in [0.25, 0.3) is 11.0 Å². The molecule has 0 bridgehead atoms. The summed E-state index contributed by atoms with van der Waals surface area (Å²) in [5.41, 5.74) is 6.02. The average molecular weight is 339 g/mol. The number of halogens is 3. The molecule has 0 aromatic carbocycles. The van der Waals surface area contributed by atoms with Crippen LogP contribution < -0.4 is 5.73 Å². The molecule has 2 aromatic heterocycles. The van der Waals surface area contributed by atoms with E-state index in [0.717, 1.165) is 0 Å². The van der Waals surface area contributed by atoms with Crippen LogP contribution in [0.5, 0.6) is 0 Å². The lowest BCUT2D eigenvalue weighted by molar-refractivity contribution is 0.276. The molecular weight excluding hydrogens is 331 g/mol. The second kappa shape index (κ2) is 4.44. The predicted molar refractivity (Wildman–Crippen MR) is 63.4 cm³/mol. The molecule has 0 atom stereocenters. The van der Waals surface area contributed by atoms with E-state index < -0.39 is 19.4 Å². The van der Waals surface area contributed by atoms with Gasteiger partial charge in [-0.15, -0.1) is 0 Å². The Morgan fingerprint density at radius 1 is 1.38 bits per heavy atom. The summed E-state index contributed by atoms with van der Waals surface area (Å²) in [7, 11) is 0. The lowest BCUT2D eigenvalue weighted by atomic mass is 10.3. The molecule has 2 aromatic rings. The zero-order valence-electron chi connectivity index (χ0n) is 8.07. The van der Waals surface area contributed by atoms with E-state index in [2.05, 4.69) is 15.1 Å². The number of anilines is 1. The Morgan fingerprint density at radius 3 is 2.69 bits per heavy atom. The van der Waals surface area contributed by atoms with Crippen molar-refractivity contribution < 1.29 is 8.78 Å². The van der Waals surface area contributed by atoms with Crippen LogP contribution in [0.15, 0.2) is 6.33 Å². The van der Waals surface area contributed by atoms with Crippen molar-refractivity contribution in [3.05, 3.63) is 10.0 Å². The van der Waals surface area contributed by atoms with Gasteiger partial charge in [-0.25, -0.2) is 23.4 Å². The topological polar surface area (TPSA) is 69.6 Å². The summed E-state index contributed by atoms with van der Waals surface area (Å²) in [5, 5.41) is 4.57. The minimum atomic E-state index is -0.958. The highest BCUT2D eigenvalue weighted by molar-refractivity contribution is 14.1. The minimum absolute atomic E-state index is 0.261. The molecule has 2 rings (SSSR count). The Morgan fingerprint density at radius 2 is 2.06 bits per heavy atom. The van der Waals surface area contributed by atoms with Crippen molar-refractivity contribution in [3.8, 4) is 0 Å². The van der Waals surface area contributed by atoms with E-state index in [4.69, 9.17) is 5.73 Å². The Balaban J connectivity index is 2.68. The Labute approximate surface area is 103 Å². The molecule has 0 aliphatic rings. The number of aromatic nitrogens is 4. The van der Waals surface area contributed by atoms with Crippen LogP contribution in [0.3, 0.4) is 0 Å². The molecule has 5 nitrogen and oxygen atoms in total. The van der Waals surface area contributed by atoms with E-state index in [9.17, 15) is 8.78 Å². The van der Waals surface area contributed by atoms with Crippen molar-refractivity contribution in [2.24, 2.45) is 0 Å². The number of fused-ring (bicyclic) bond motifs is 1. The van der Waals surface area contributed by atoms with E-state index in [1.54, 1.807) is 0 Å². The molecule has 0 radical (unpaired) electrons. The first-order valence-electron chi connectivity index (χ1n) is 4.45. The van der Waals surface area contributed by atoms with Crippen LogP contribution in [0.1, 0.15) is 6.04 Å². The van der Waals surface area contributed by atoms with Crippen LogP contribution >= 0.6 is 22.6 Å². The van der Waals surface area contributed by atoms with Gasteiger partial charge in [-0.3, -0.25) is 0 Å². The molecule has 0 fully saturated rings. The number of hydrogen-bond acceptors (Lipinski definition) is 4. The number of nitrogens with two attached hydrogens (primary N) is 1. The van der Waals surface area contributed by atoms with Gasteiger partial charge in [0.25, 0.3) is 0 Å². The van der Waals surface area contributed by atoms with Crippen molar-refractivity contribution in [2.75, 3.05) is 19.1 Å². The first-order chi connectivity index (χ1) is 7.69. The fourth-order valence-electron chi connectivity index (χ4n) is 1.38. The first-order valence-corrected chi connectivity index (χ1v) is 5.53. The number of alkyl halides is 2. The number of nitrogen functional groups attached to an aromatic ring is 1. The molecule has 0 amide bonds. The molecule has 8 heteroatoms. The average Bonchev–Trinajstić information content (AvgIpc) is 2.60. The summed E-state index contributed by atoms with van der Waals surface area (Å²) in [6.07, 6.45) is 1.25. The zero-order valence-corrected chi connectivity index (χ0v) is 10.2. The van der Waals surface area contributed by atoms with Gasteiger partial charge >= 0.3 is 0 Å². The first kappa shape index (κ1) is 11.4. The molecule has 16 heavy (non-hydrogen) atoms. The Bertz CT molecular complexity index is 510. The SMILES string of the molecule is Nc1ncnc2c1c(I)nn2C(CF)CF. The van der Waals surface area contributed by atoms with Crippen molar-refractivity contribution in [2.45, 2.75) is 6.04 Å². The molecule has 0 saturated heterocycles. The normalized spacial score (nSPS) is 11.5. The van der Waals surface area contributed by atoms with Gasteiger partial charge in [0.15, 0.2) is 5.65 Å². The highest BCUT2D eigenvalue weighted by Gasteiger charge is 2.19. The minimum Gasteiger partial charge on any atom is -0.383 e. The monoisotopic (exact) mass is 339 g/mol. The summed E-state index contributed by atoms with van der Waals surface area (Å²) in [6, 6.07) is -0.958. The van der Waals surface area contributed by atoms with Gasteiger partial charge in [0.05, 0.1) is 5.39 Å². The molecule has 2 heterocycles. The third kappa shape index (κ3) is 1.70. The third-order valence-corrected chi connectivity index (χ3v) is 2.93. The maximum atomic E-state index is 12.6. The summed E-state index contributed by atoms with van der Waals surface area (Å²) >= 11 is 1.93. The summed E-state index contributed by atoms with van der Waals surface area (Å²) in [5.74, 6) is 0.261. The van der Waals surface area contributed by atoms with Crippen molar-refractivity contribution in [3.63, 3.8) is 0 Å². The highest BCUT2D eigenvalue weighted by Crippen LogP contribution is 2.25. The molecule has 0 unspecified atom stereocenters. The maximum Gasteiger partial charge on any atom is 0.164 e. The lowest BCUT2D eigenvalue weighted by Gasteiger charge is -2.09. The zero-order chi connectivity index (χ0) is 11.7. The van der Waals surface area contributed by atoms with E-state index >= 15 is 0 Å². The van der Waals surface area contributed by atoms with Crippen molar-refractivity contribution in [1.29, 1.82) is 0 Å². The largest absolute Gasteiger partial charge is 0.383 e. The van der Waals surface area contributed by atoms with Gasteiger partial charge in [-0.1, -0.05) is 0 Å². The third-order valence-electron chi connectivity index (χ3n) is 2.18. The predicted octanol–water partition coefficient (Wildman–Crippen LogP) is 1.49. The summed E-state index contributed by atoms with van der Waals surface area (Å²) in [4.78, 5) is 7.76. The van der Waals surface area contributed by atoms with Crippen LogP contribution in [0.2, 0.25) is 0 Å². The van der Waals surface area contributed by atoms with Gasteiger partial charge in [0.1, 0.15) is 35.2 Å². The second-order valence-electron chi connectivity index (χ2n) is 3.16. The molecule has 0 aliphatic carbocycles. The number of hydrogen-bond donors (Lipinski definition) is 1. The maximum absolute atomic E-state index is 12.6. The molecular formula is C8H8F2IN5. The van der Waals surface area contributed by atoms with Crippen LogP contribution in [-0.4, -0.2) is 33.1 Å². The van der Waals surface area contributed by atoms with E-state index in [1.165, 1.54) is 11.0 Å². The van der Waals surface area contributed by atoms with Gasteiger partial charge in [-0.2, -0.15) is 5.10 Å². The number of nitrogens with zero attached hydrogens (tertiary/aromatic N) is 4. The molecule has 0 aliphatic heterocycles. The second-order valence-corrected chi connectivity index (χ2v) is 4.18. The smallest absolute Gasteiger partial charge is 0.164 e. The quantitative estimate of drug-likeness (QED) is 0.861. The Kier molecular flexibility index (Phi) is 3.17. The molecule has 2 N–H and O–H groups in total. The molecule has 0 saturated carbocycles. The van der Waals surface area contributed by atoms with Crippen LogP contribution in [0.4, 0.5) is 14.6 Å². The fraction of sp³-hybridized carbons (Fsp3) is 0.375. The van der Waals surface area contributed by atoms with Gasteiger partial charge < -0.3 is 5.73 Å². The highest BCUT2D eigenvalue weighted by atomic mass is 127. The fourth-order valence-corrected chi connectivity index (χ4v) is 2.13. The summed E-state index contributed by atoms with van der Waals surface area (Å²) in [6.45, 7) is -1.68. The lowest BCUT2D eigenvalue weighted by Crippen LogP contribution is -2.15. The Hall–Kier alpha value is -1.06. The van der Waals surface area contributed by atoms with Gasteiger partial charge in [-0.05, 0) is 22.6 Å². The molecule has 0 spiro atoms. The van der Waals surface area contributed by atoms with Crippen molar-refractivity contribution >= 4 is 39.4 Å². The molecule has 86 valence electrons. The van der Waals surface area contributed by atoms with Gasteiger partial charge in [0, 0.05) is 0 Å². The summed E-state index contributed by atoms with van der Waals surface area (Å²) < 4.78 is 27.0. The number of rotatable bonds is 3. The van der Waals surface area contributed by atoms with E-state index in [0.29, 0.717) is 14.7 Å². The standard InChI is InChI=1S/C8H8F2IN5/c9-1-4(2-10)16-8-5(6(11)15-16)7(12)13-3-14-8/h3-4H,1-2H2,(H2,12,13,14). The van der Waals surface area contributed by atoms with Gasteiger partial charge in [0.2, 0.25) is 0 Å². The van der Waals surface area contributed by atoms with E-state index in [1.807, 2.05) is 22.6 Å². The van der Waals surface area contributed by atoms with E-state index in [-0.39, 0.29) is 5.82 Å². The van der Waals surface area contributed by atoms with Crippen LogP contribution in [0, 0.1) is 3.70 Å². The van der Waals surface area contributed by atoms with Crippen LogP contribution in [-0.2, 0) is 0 Å². The van der Waals surface area contributed by atoms with Crippen molar-refractivity contribution in [1.82, 2.24) is 19.7 Å².